The van der Waals surface area contributed by atoms with Crippen LogP contribution < -0.4 is 26.8 Å². The smallest absolute Gasteiger partial charge is 0.305 e. The van der Waals surface area contributed by atoms with Crippen molar-refractivity contribution in [2.24, 2.45) is 5.92 Å². The molecule has 1 atom stereocenters. The predicted octanol–water partition coefficient (Wildman–Crippen LogP) is 2.30. The molecule has 0 radical (unpaired) electrons. The van der Waals surface area contributed by atoms with Crippen molar-refractivity contribution in [3.05, 3.63) is 36.4 Å². The van der Waals surface area contributed by atoms with Crippen LogP contribution in [-0.4, -0.2) is 42.4 Å². The van der Waals surface area contributed by atoms with E-state index in [1.165, 1.54) is 0 Å². The zero-order chi connectivity index (χ0) is 25.9. The van der Waals surface area contributed by atoms with Crippen LogP contribution in [-0.2, 0) is 0 Å². The van der Waals surface area contributed by atoms with Crippen molar-refractivity contribution in [3.8, 4) is 22.8 Å². The van der Waals surface area contributed by atoms with Gasteiger partial charge in [0.2, 0.25) is 22.7 Å². The third kappa shape index (κ3) is 4.77. The Balaban J connectivity index is 1.57. The minimum absolute atomic E-state index is 0.202. The van der Waals surface area contributed by atoms with Crippen molar-refractivity contribution in [1.82, 2.24) is 35.2 Å². The molecule has 0 fully saturated rings. The second-order valence-electron chi connectivity index (χ2n) is 9.07. The monoisotopic (exact) mass is 501 g/mol. The first-order chi connectivity index (χ1) is 18.0. The molecular weight excluding hydrogens is 470 g/mol. The van der Waals surface area contributed by atoms with E-state index >= 15 is 0 Å². The van der Waals surface area contributed by atoms with E-state index in [1.807, 2.05) is 0 Å². The Morgan fingerprint density at radius 2 is 1.62 bits per heavy atom. The number of amides is 1. The number of hydrogen-bond acceptors (Lipinski definition) is 7. The number of imidazole rings is 2. The zero-order valence-corrected chi connectivity index (χ0v) is 20.9. The van der Waals surface area contributed by atoms with Gasteiger partial charge >= 0.3 is 11.3 Å². The Hall–Kier alpha value is -4.61. The number of unbranched alkanes of at least 4 members (excludes halogenated alkanes) is 1. The molecule has 0 saturated heterocycles. The van der Waals surface area contributed by atoms with Gasteiger partial charge in [0, 0.05) is 12.1 Å². The number of carbonyl (C=O) groups excluding carboxylic acids is 1. The summed E-state index contributed by atoms with van der Waals surface area (Å²) >= 11 is 0. The highest BCUT2D eigenvalue weighted by atomic mass is 16.1. The van der Waals surface area contributed by atoms with Gasteiger partial charge in [-0.05, 0) is 30.5 Å². The number of hydrogen-bond donors (Lipinski definition) is 5. The standard InChI is InChI=1S/C25H29N11O/c1-3-5-6-13(4-2)10-28-25(37)15-8-7-14(21-33-19(26)17-23(35-21)31-11-29-17)9-16(15)22-34-20(27)18-24(36-22)32-12-30-18/h7-9,11-13H,3-6,10H2,1-2H3,(H,28,37)(H3,26,29,31,33,35)(H3,27,30,32,34,36)/p+2. The first-order valence-electron chi connectivity index (χ1n) is 12.5. The van der Waals surface area contributed by atoms with Crippen molar-refractivity contribution < 1.29 is 14.8 Å². The minimum Gasteiger partial charge on any atom is -0.380 e. The molecule has 0 spiro atoms. The fourth-order valence-corrected chi connectivity index (χ4v) is 4.39. The van der Waals surface area contributed by atoms with E-state index in [1.54, 1.807) is 30.9 Å². The number of aromatic amines is 4. The fourth-order valence-electron chi connectivity index (χ4n) is 4.39. The number of nitrogens with zero attached hydrogens (tertiary/aromatic N) is 4. The van der Waals surface area contributed by atoms with Gasteiger partial charge in [0.1, 0.15) is 0 Å². The van der Waals surface area contributed by atoms with Gasteiger partial charge in [-0.2, -0.15) is 9.97 Å². The van der Waals surface area contributed by atoms with Crippen LogP contribution in [0.15, 0.2) is 30.9 Å². The average Bonchev–Trinajstić information content (AvgIpc) is 3.58. The molecule has 5 rings (SSSR count). The van der Waals surface area contributed by atoms with Gasteiger partial charge in [-0.3, -0.25) is 14.8 Å². The Morgan fingerprint density at radius 3 is 2.27 bits per heavy atom. The predicted molar refractivity (Wildman–Crippen MR) is 140 cm³/mol. The molecule has 0 aliphatic rings. The molecule has 1 amide bonds. The molecular formula is C25H31N11O+2. The van der Waals surface area contributed by atoms with Crippen LogP contribution in [0.1, 0.15) is 49.9 Å². The summed E-state index contributed by atoms with van der Waals surface area (Å²) in [5, 5.41) is 3.10. The SMILES string of the molecule is CCCCC(CC)CNC(=O)c1ccc(-c2nc(N)c3[nH]c[nH+]c3n2)cc1-c1nc(N)c2[nH]c[nH+]c2n1. The van der Waals surface area contributed by atoms with E-state index in [-0.39, 0.29) is 11.7 Å². The molecule has 190 valence electrons. The maximum Gasteiger partial charge on any atom is 0.305 e. The van der Waals surface area contributed by atoms with E-state index in [2.05, 4.69) is 59.0 Å². The highest BCUT2D eigenvalue weighted by molar-refractivity contribution is 6.01. The summed E-state index contributed by atoms with van der Waals surface area (Å²) in [5.41, 5.74) is 16.3. The van der Waals surface area contributed by atoms with Gasteiger partial charge in [0.15, 0.2) is 24.3 Å². The van der Waals surface area contributed by atoms with Crippen LogP contribution >= 0.6 is 0 Å². The number of aromatic nitrogens is 8. The molecule has 12 nitrogen and oxygen atoms in total. The van der Waals surface area contributed by atoms with Crippen LogP contribution in [0.4, 0.5) is 11.6 Å². The highest BCUT2D eigenvalue weighted by Crippen LogP contribution is 2.29. The number of carbonyl (C=O) groups is 1. The summed E-state index contributed by atoms with van der Waals surface area (Å²) in [7, 11) is 0. The molecule has 1 unspecified atom stereocenters. The Morgan fingerprint density at radius 1 is 0.973 bits per heavy atom. The molecule has 12 heteroatoms. The van der Waals surface area contributed by atoms with Crippen LogP contribution in [0.3, 0.4) is 0 Å². The second-order valence-corrected chi connectivity index (χ2v) is 9.07. The fraction of sp³-hybridized carbons (Fsp3) is 0.320. The summed E-state index contributed by atoms with van der Waals surface area (Å²) in [6.45, 7) is 4.92. The van der Waals surface area contributed by atoms with Crippen molar-refractivity contribution in [3.63, 3.8) is 0 Å². The lowest BCUT2D eigenvalue weighted by Crippen LogP contribution is -2.29. The van der Waals surface area contributed by atoms with Crippen molar-refractivity contribution in [2.45, 2.75) is 39.5 Å². The Kier molecular flexibility index (Phi) is 6.62. The molecule has 9 N–H and O–H groups in total. The molecule has 5 aromatic rings. The van der Waals surface area contributed by atoms with E-state index in [4.69, 9.17) is 11.5 Å². The van der Waals surface area contributed by atoms with Crippen LogP contribution in [0, 0.1) is 5.92 Å². The van der Waals surface area contributed by atoms with Gasteiger partial charge in [-0.1, -0.05) is 43.1 Å². The van der Waals surface area contributed by atoms with E-state index in [9.17, 15) is 4.79 Å². The van der Waals surface area contributed by atoms with Crippen LogP contribution in [0.2, 0.25) is 0 Å². The maximum absolute atomic E-state index is 13.4. The lowest BCUT2D eigenvalue weighted by Gasteiger charge is -2.16. The lowest BCUT2D eigenvalue weighted by atomic mass is 9.98. The summed E-state index contributed by atoms with van der Waals surface area (Å²) < 4.78 is 0. The van der Waals surface area contributed by atoms with Crippen molar-refractivity contribution in [1.29, 1.82) is 0 Å². The Labute approximate surface area is 212 Å². The minimum atomic E-state index is -0.202. The third-order valence-corrected chi connectivity index (χ3v) is 6.58. The van der Waals surface area contributed by atoms with Crippen LogP contribution in [0.25, 0.3) is 45.1 Å². The summed E-state index contributed by atoms with van der Waals surface area (Å²) in [6.07, 6.45) is 7.62. The number of nitrogen functional groups attached to an aromatic ring is 2. The topological polar surface area (TPSA) is 193 Å². The molecule has 0 bridgehead atoms. The molecule has 4 aromatic heterocycles. The number of anilines is 2. The first-order valence-corrected chi connectivity index (χ1v) is 12.5. The molecule has 4 heterocycles. The van der Waals surface area contributed by atoms with Crippen molar-refractivity contribution >= 4 is 39.9 Å². The Bertz CT molecular complexity index is 1570. The highest BCUT2D eigenvalue weighted by Gasteiger charge is 2.24. The number of benzene rings is 1. The van der Waals surface area contributed by atoms with E-state index in [0.717, 1.165) is 25.7 Å². The van der Waals surface area contributed by atoms with Gasteiger partial charge in [-0.25, -0.2) is 9.97 Å². The number of H-pyrrole nitrogens is 4. The number of nitrogens with one attached hydrogen (secondary N) is 5. The van der Waals surface area contributed by atoms with E-state index < -0.39 is 0 Å². The van der Waals surface area contributed by atoms with Crippen molar-refractivity contribution in [2.75, 3.05) is 18.0 Å². The summed E-state index contributed by atoms with van der Waals surface area (Å²) in [4.78, 5) is 43.6. The number of rotatable bonds is 9. The third-order valence-electron chi connectivity index (χ3n) is 6.58. The van der Waals surface area contributed by atoms with Gasteiger partial charge < -0.3 is 16.8 Å². The zero-order valence-electron chi connectivity index (χ0n) is 20.9. The first kappa shape index (κ1) is 24.1. The average molecular weight is 502 g/mol. The number of nitrogens with two attached hydrogens (primary N) is 2. The lowest BCUT2D eigenvalue weighted by molar-refractivity contribution is -0.347. The second kappa shape index (κ2) is 10.2. The molecule has 0 aliphatic carbocycles. The van der Waals surface area contributed by atoms with Crippen LogP contribution in [0.5, 0.6) is 0 Å². The molecule has 0 saturated carbocycles. The molecule has 37 heavy (non-hydrogen) atoms. The van der Waals surface area contributed by atoms with E-state index in [0.29, 0.717) is 68.9 Å². The largest absolute Gasteiger partial charge is 0.380 e. The molecule has 1 aromatic carbocycles. The van der Waals surface area contributed by atoms with Gasteiger partial charge in [0.25, 0.3) is 5.91 Å². The maximum atomic E-state index is 13.4. The van der Waals surface area contributed by atoms with Gasteiger partial charge in [-0.15, -0.1) is 0 Å². The number of fused-ring (bicyclic) bond motifs is 2. The summed E-state index contributed by atoms with van der Waals surface area (Å²) in [6, 6.07) is 5.33. The quantitative estimate of drug-likeness (QED) is 0.204. The molecule has 0 aliphatic heterocycles. The summed E-state index contributed by atoms with van der Waals surface area (Å²) in [5.74, 6) is 1.52. The normalized spacial score (nSPS) is 12.3. The van der Waals surface area contributed by atoms with Gasteiger partial charge in [0.05, 0.1) is 11.1 Å².